The number of halogens is 1. The molecule has 5 rings (SSSR count). The second kappa shape index (κ2) is 10.7. The second-order valence-corrected chi connectivity index (χ2v) is 11.7. The predicted molar refractivity (Wildman–Crippen MR) is 156 cm³/mol. The van der Waals surface area contributed by atoms with Crippen LogP contribution in [0.1, 0.15) is 56.7 Å². The van der Waals surface area contributed by atoms with Crippen LogP contribution in [0.5, 0.6) is 0 Å². The Balaban J connectivity index is 1.45. The van der Waals surface area contributed by atoms with E-state index in [0.717, 1.165) is 39.7 Å². The third-order valence-electron chi connectivity index (χ3n) is 7.84. The molecule has 2 aromatic rings. The van der Waals surface area contributed by atoms with Crippen LogP contribution in [0.15, 0.2) is 70.9 Å². The molecule has 2 aliphatic heterocycles. The molecule has 0 radical (unpaired) electrons. The second-order valence-electron chi connectivity index (χ2n) is 10.4. The number of aliphatic hydroxyl groups is 1. The summed E-state index contributed by atoms with van der Waals surface area (Å²) in [7, 11) is 0. The molecule has 3 heterocycles. The fraction of sp³-hybridized carbons (Fsp3) is 0.400. The first kappa shape index (κ1) is 26.1. The summed E-state index contributed by atoms with van der Waals surface area (Å²) in [6.45, 7) is 5.31. The summed E-state index contributed by atoms with van der Waals surface area (Å²) in [6.07, 6.45) is 15.6. The minimum atomic E-state index is -0.931. The number of anilines is 1. The molecule has 0 spiro atoms. The van der Waals surface area contributed by atoms with Gasteiger partial charge < -0.3 is 19.9 Å². The van der Waals surface area contributed by atoms with E-state index in [1.165, 1.54) is 0 Å². The number of amides is 1. The quantitative estimate of drug-likeness (QED) is 0.384. The monoisotopic (exact) mass is 579 g/mol. The van der Waals surface area contributed by atoms with Gasteiger partial charge in [-0.3, -0.25) is 4.79 Å². The molecule has 1 amide bonds. The first-order valence-electron chi connectivity index (χ1n) is 13.1. The standard InChI is InChI=1S/C30H34BrN3O2S/c1-3-24-11-12-25-26(32-24)13-16-34(29(25)37)27(21-6-4-5-20(2)19-21)28(35)33-17-14-30(36,15-18-33)22-7-9-23(31)10-8-22/h4,6-13,16,19-20,24,27,32,36H,3,5,14-15,17-18H2,1-2H3. The lowest BCUT2D eigenvalue weighted by molar-refractivity contribution is -0.138. The van der Waals surface area contributed by atoms with Gasteiger partial charge in [0.25, 0.3) is 0 Å². The number of aromatic nitrogens is 1. The predicted octanol–water partition coefficient (Wildman–Crippen LogP) is 6.77. The number of fused-ring (bicyclic) bond motifs is 1. The normalized spacial score (nSPS) is 23.1. The van der Waals surface area contributed by atoms with E-state index in [1.54, 1.807) is 0 Å². The van der Waals surface area contributed by atoms with Crippen LogP contribution in [0, 0.1) is 10.6 Å². The molecule has 1 aromatic heterocycles. The lowest BCUT2D eigenvalue weighted by Gasteiger charge is -2.40. The largest absolute Gasteiger partial charge is 0.385 e. The minimum absolute atomic E-state index is 0.0260. The zero-order chi connectivity index (χ0) is 26.2. The Kier molecular flexibility index (Phi) is 7.57. The topological polar surface area (TPSA) is 57.5 Å². The number of likely N-dealkylation sites (tertiary alicyclic amines) is 1. The van der Waals surface area contributed by atoms with Crippen molar-refractivity contribution in [2.24, 2.45) is 5.92 Å². The van der Waals surface area contributed by atoms with Crippen molar-refractivity contribution in [1.82, 2.24) is 9.47 Å². The highest BCUT2D eigenvalue weighted by atomic mass is 79.9. The average molecular weight is 581 g/mol. The Bertz CT molecular complexity index is 1320. The Morgan fingerprint density at radius 1 is 1.22 bits per heavy atom. The van der Waals surface area contributed by atoms with Crippen molar-refractivity contribution in [3.8, 4) is 0 Å². The number of nitrogens with one attached hydrogen (secondary N) is 1. The Morgan fingerprint density at radius 3 is 2.62 bits per heavy atom. The van der Waals surface area contributed by atoms with Gasteiger partial charge >= 0.3 is 0 Å². The van der Waals surface area contributed by atoms with Crippen molar-refractivity contribution in [2.45, 2.75) is 57.2 Å². The molecular formula is C30H34BrN3O2S. The summed E-state index contributed by atoms with van der Waals surface area (Å²) in [5, 5.41) is 14.9. The Hall–Kier alpha value is -2.48. The van der Waals surface area contributed by atoms with E-state index in [0.29, 0.717) is 36.5 Å². The van der Waals surface area contributed by atoms with Gasteiger partial charge in [-0.2, -0.15) is 0 Å². The summed E-state index contributed by atoms with van der Waals surface area (Å²) in [5.41, 5.74) is 2.91. The van der Waals surface area contributed by atoms with Gasteiger partial charge in [0.1, 0.15) is 10.7 Å². The van der Waals surface area contributed by atoms with Gasteiger partial charge in [-0.15, -0.1) is 0 Å². The maximum atomic E-state index is 14.2. The van der Waals surface area contributed by atoms with E-state index in [2.05, 4.69) is 65.5 Å². The van der Waals surface area contributed by atoms with Crippen molar-refractivity contribution in [3.63, 3.8) is 0 Å². The SMILES string of the molecule is CCC1C=Cc2c(ccn(C(C(=O)N3CCC(O)(c4ccc(Br)cc4)CC3)C3=CC(C)CC=C3)c2=S)N1. The summed E-state index contributed by atoms with van der Waals surface area (Å²) in [5.74, 6) is 0.385. The van der Waals surface area contributed by atoms with Crippen LogP contribution in [0.3, 0.4) is 0 Å². The number of benzene rings is 1. The number of carbonyl (C=O) groups is 1. The lowest BCUT2D eigenvalue weighted by atomic mass is 9.84. The summed E-state index contributed by atoms with van der Waals surface area (Å²) in [6, 6.07) is 9.62. The van der Waals surface area contributed by atoms with Crippen molar-refractivity contribution >= 4 is 45.8 Å². The van der Waals surface area contributed by atoms with E-state index >= 15 is 0 Å². The first-order valence-corrected chi connectivity index (χ1v) is 14.3. The highest BCUT2D eigenvalue weighted by Gasteiger charge is 2.38. The average Bonchev–Trinajstić information content (AvgIpc) is 2.90. The number of hydrogen-bond acceptors (Lipinski definition) is 4. The molecule has 3 aliphatic rings. The maximum absolute atomic E-state index is 14.2. The van der Waals surface area contributed by atoms with Crippen molar-refractivity contribution in [2.75, 3.05) is 18.4 Å². The van der Waals surface area contributed by atoms with Gasteiger partial charge in [-0.25, -0.2) is 0 Å². The van der Waals surface area contributed by atoms with Crippen LogP contribution >= 0.6 is 28.1 Å². The number of allylic oxidation sites excluding steroid dienone is 3. The lowest BCUT2D eigenvalue weighted by Crippen LogP contribution is -2.47. The Morgan fingerprint density at radius 2 is 1.95 bits per heavy atom. The summed E-state index contributed by atoms with van der Waals surface area (Å²) in [4.78, 5) is 16.1. The van der Waals surface area contributed by atoms with E-state index in [-0.39, 0.29) is 11.9 Å². The third-order valence-corrected chi connectivity index (χ3v) is 8.80. The molecule has 1 saturated heterocycles. The molecule has 37 heavy (non-hydrogen) atoms. The van der Waals surface area contributed by atoms with Gasteiger partial charge in [0.15, 0.2) is 0 Å². The smallest absolute Gasteiger partial charge is 0.250 e. The fourth-order valence-corrected chi connectivity index (χ4v) is 6.16. The number of carbonyl (C=O) groups excluding carboxylic acids is 1. The van der Waals surface area contributed by atoms with Crippen LogP contribution in [-0.2, 0) is 10.4 Å². The molecule has 2 N–H and O–H groups in total. The van der Waals surface area contributed by atoms with E-state index in [4.69, 9.17) is 12.2 Å². The van der Waals surface area contributed by atoms with E-state index in [9.17, 15) is 9.90 Å². The molecule has 5 nitrogen and oxygen atoms in total. The van der Waals surface area contributed by atoms with Crippen LogP contribution in [0.2, 0.25) is 0 Å². The van der Waals surface area contributed by atoms with Crippen LogP contribution in [0.4, 0.5) is 5.69 Å². The molecule has 0 bridgehead atoms. The van der Waals surface area contributed by atoms with Gasteiger partial charge in [0.2, 0.25) is 5.91 Å². The van der Waals surface area contributed by atoms with Crippen molar-refractivity contribution < 1.29 is 9.90 Å². The third kappa shape index (κ3) is 5.27. The van der Waals surface area contributed by atoms with Gasteiger partial charge in [0, 0.05) is 41.1 Å². The molecule has 1 fully saturated rings. The highest BCUT2D eigenvalue weighted by Crippen LogP contribution is 2.36. The number of piperidine rings is 1. The van der Waals surface area contributed by atoms with Gasteiger partial charge in [-0.05, 0) is 60.9 Å². The molecule has 3 unspecified atom stereocenters. The van der Waals surface area contributed by atoms with Crippen molar-refractivity contribution in [1.29, 1.82) is 0 Å². The molecule has 1 aliphatic carbocycles. The van der Waals surface area contributed by atoms with Gasteiger partial charge in [0.05, 0.1) is 5.60 Å². The summed E-state index contributed by atoms with van der Waals surface area (Å²) >= 11 is 9.43. The first-order chi connectivity index (χ1) is 17.8. The Labute approximate surface area is 232 Å². The zero-order valence-corrected chi connectivity index (χ0v) is 23.8. The highest BCUT2D eigenvalue weighted by molar-refractivity contribution is 9.10. The van der Waals surface area contributed by atoms with Crippen LogP contribution in [0.25, 0.3) is 6.08 Å². The number of nitrogens with zero attached hydrogens (tertiary/aromatic N) is 2. The molecular weight excluding hydrogens is 546 g/mol. The van der Waals surface area contributed by atoms with Crippen molar-refractivity contribution in [3.05, 3.63) is 86.6 Å². The molecule has 194 valence electrons. The number of hydrogen-bond donors (Lipinski definition) is 2. The number of pyridine rings is 1. The molecule has 7 heteroatoms. The fourth-order valence-electron chi connectivity index (χ4n) is 5.55. The minimum Gasteiger partial charge on any atom is -0.385 e. The van der Waals surface area contributed by atoms with Gasteiger partial charge in [-0.1, -0.05) is 84.5 Å². The zero-order valence-electron chi connectivity index (χ0n) is 21.4. The van der Waals surface area contributed by atoms with Crippen LogP contribution in [-0.4, -0.2) is 39.6 Å². The van der Waals surface area contributed by atoms with Crippen LogP contribution < -0.4 is 5.32 Å². The maximum Gasteiger partial charge on any atom is 0.250 e. The molecule has 0 saturated carbocycles. The van der Waals surface area contributed by atoms with E-state index < -0.39 is 11.6 Å². The summed E-state index contributed by atoms with van der Waals surface area (Å²) < 4.78 is 3.60. The molecule has 3 atom stereocenters. The number of rotatable bonds is 5. The van der Waals surface area contributed by atoms with E-state index in [1.807, 2.05) is 46.0 Å². The molecule has 1 aromatic carbocycles.